The normalized spacial score (nSPS) is 26.3. The molecule has 2 saturated heterocycles. The number of rotatable bonds is 3. The van der Waals surface area contributed by atoms with E-state index >= 15 is 0 Å². The zero-order valence-corrected chi connectivity index (χ0v) is 14.3. The highest BCUT2D eigenvalue weighted by molar-refractivity contribution is 6.30. The van der Waals surface area contributed by atoms with Gasteiger partial charge in [0.25, 0.3) is 0 Å². The van der Waals surface area contributed by atoms with Gasteiger partial charge in [-0.3, -0.25) is 9.69 Å². The summed E-state index contributed by atoms with van der Waals surface area (Å²) in [5, 5.41) is 4.04. The molecule has 0 saturated carbocycles. The van der Waals surface area contributed by atoms with E-state index in [-0.39, 0.29) is 18.1 Å². The zero-order chi connectivity index (χ0) is 16.2. The molecule has 1 amide bonds. The van der Waals surface area contributed by atoms with E-state index in [1.165, 1.54) is 5.56 Å². The van der Waals surface area contributed by atoms with E-state index in [1.54, 1.807) is 0 Å². The summed E-state index contributed by atoms with van der Waals surface area (Å²) in [7, 11) is 0. The summed E-state index contributed by atoms with van der Waals surface area (Å²) in [6, 6.07) is 7.77. The summed E-state index contributed by atoms with van der Waals surface area (Å²) in [5.74, 6) is 0.170. The largest absolute Gasteiger partial charge is 0.375 e. The molecule has 1 aromatic carbocycles. The van der Waals surface area contributed by atoms with Gasteiger partial charge in [-0.25, -0.2) is 0 Å². The average molecular weight is 338 g/mol. The van der Waals surface area contributed by atoms with Gasteiger partial charge < -0.3 is 15.0 Å². The van der Waals surface area contributed by atoms with Crippen molar-refractivity contribution in [2.75, 3.05) is 39.3 Å². The summed E-state index contributed by atoms with van der Waals surface area (Å²) in [4.78, 5) is 17.0. The molecule has 0 aliphatic carbocycles. The van der Waals surface area contributed by atoms with E-state index in [4.69, 9.17) is 16.3 Å². The Balaban J connectivity index is 1.49. The molecule has 6 heteroatoms. The van der Waals surface area contributed by atoms with Crippen LogP contribution in [0.1, 0.15) is 12.5 Å². The van der Waals surface area contributed by atoms with Gasteiger partial charge in [0, 0.05) is 44.3 Å². The van der Waals surface area contributed by atoms with Crippen molar-refractivity contribution >= 4 is 17.5 Å². The predicted molar refractivity (Wildman–Crippen MR) is 90.5 cm³/mol. The molecule has 23 heavy (non-hydrogen) atoms. The Kier molecular flexibility index (Phi) is 5.54. The molecule has 0 spiro atoms. The lowest BCUT2D eigenvalue weighted by molar-refractivity contribution is -0.141. The molecule has 2 heterocycles. The minimum atomic E-state index is -0.202. The summed E-state index contributed by atoms with van der Waals surface area (Å²) in [6.07, 6.45) is -0.0525. The molecule has 5 nitrogen and oxygen atoms in total. The number of benzene rings is 1. The lowest BCUT2D eigenvalue weighted by atomic mass is 10.1. The molecular formula is C17H24ClN3O2. The minimum Gasteiger partial charge on any atom is -0.375 e. The lowest BCUT2D eigenvalue weighted by Crippen LogP contribution is -2.59. The van der Waals surface area contributed by atoms with E-state index in [0.29, 0.717) is 6.61 Å². The van der Waals surface area contributed by atoms with Crippen LogP contribution in [0.4, 0.5) is 0 Å². The van der Waals surface area contributed by atoms with Gasteiger partial charge in [-0.2, -0.15) is 0 Å². The van der Waals surface area contributed by atoms with Crippen molar-refractivity contribution in [3.05, 3.63) is 34.9 Å². The van der Waals surface area contributed by atoms with Crippen LogP contribution >= 0.6 is 11.6 Å². The van der Waals surface area contributed by atoms with Gasteiger partial charge in [0.1, 0.15) is 6.04 Å². The monoisotopic (exact) mass is 337 g/mol. The maximum absolute atomic E-state index is 12.6. The van der Waals surface area contributed by atoms with Crippen molar-refractivity contribution in [1.29, 1.82) is 0 Å². The third-order valence-corrected chi connectivity index (χ3v) is 4.84. The molecule has 1 aromatic rings. The van der Waals surface area contributed by atoms with E-state index in [2.05, 4.69) is 22.3 Å². The lowest BCUT2D eigenvalue weighted by Gasteiger charge is -2.38. The minimum absolute atomic E-state index is 0.0525. The fourth-order valence-corrected chi connectivity index (χ4v) is 3.31. The van der Waals surface area contributed by atoms with E-state index in [9.17, 15) is 4.79 Å². The Labute approximate surface area is 142 Å². The van der Waals surface area contributed by atoms with Crippen molar-refractivity contribution in [3.63, 3.8) is 0 Å². The smallest absolute Gasteiger partial charge is 0.242 e. The molecule has 126 valence electrons. The molecule has 0 radical (unpaired) electrons. The Hall–Kier alpha value is -1.14. The molecule has 0 unspecified atom stereocenters. The molecule has 2 aliphatic heterocycles. The fourth-order valence-electron chi connectivity index (χ4n) is 3.18. The summed E-state index contributed by atoms with van der Waals surface area (Å²) in [6.45, 7) is 7.64. The van der Waals surface area contributed by atoms with E-state index in [1.807, 2.05) is 24.0 Å². The molecule has 0 bridgehead atoms. The number of carbonyl (C=O) groups excluding carboxylic acids is 1. The predicted octanol–water partition coefficient (Wildman–Crippen LogP) is 1.36. The molecule has 3 rings (SSSR count). The van der Waals surface area contributed by atoms with Gasteiger partial charge in [0.05, 0.1) is 12.7 Å². The Bertz CT molecular complexity index is 529. The average Bonchev–Trinajstić information content (AvgIpc) is 2.57. The van der Waals surface area contributed by atoms with Crippen LogP contribution in [0.25, 0.3) is 0 Å². The van der Waals surface area contributed by atoms with Crippen LogP contribution in [-0.4, -0.2) is 67.2 Å². The van der Waals surface area contributed by atoms with Crippen molar-refractivity contribution < 1.29 is 9.53 Å². The highest BCUT2D eigenvalue weighted by Gasteiger charge is 2.33. The van der Waals surface area contributed by atoms with Crippen molar-refractivity contribution in [3.8, 4) is 0 Å². The van der Waals surface area contributed by atoms with Crippen molar-refractivity contribution in [1.82, 2.24) is 15.1 Å². The molecular weight excluding hydrogens is 314 g/mol. The second kappa shape index (κ2) is 7.62. The molecule has 2 aliphatic rings. The van der Waals surface area contributed by atoms with Crippen LogP contribution < -0.4 is 5.32 Å². The first-order valence-corrected chi connectivity index (χ1v) is 8.62. The van der Waals surface area contributed by atoms with Gasteiger partial charge in [-0.05, 0) is 24.6 Å². The second-order valence-corrected chi connectivity index (χ2v) is 6.67. The van der Waals surface area contributed by atoms with Crippen LogP contribution in [0.3, 0.4) is 0 Å². The first kappa shape index (κ1) is 16.7. The number of carbonyl (C=O) groups is 1. The molecule has 1 N–H and O–H groups in total. The fraction of sp³-hybridized carbons (Fsp3) is 0.588. The van der Waals surface area contributed by atoms with Crippen LogP contribution in [0, 0.1) is 0 Å². The summed E-state index contributed by atoms with van der Waals surface area (Å²) < 4.78 is 5.58. The van der Waals surface area contributed by atoms with Crippen molar-refractivity contribution in [2.45, 2.75) is 25.6 Å². The summed E-state index contributed by atoms with van der Waals surface area (Å²) in [5.41, 5.74) is 1.25. The third kappa shape index (κ3) is 4.23. The molecule has 2 atom stereocenters. The Morgan fingerprint density at radius 3 is 2.61 bits per heavy atom. The number of nitrogens with zero attached hydrogens (tertiary/aromatic N) is 2. The van der Waals surface area contributed by atoms with E-state index in [0.717, 1.165) is 44.3 Å². The van der Waals surface area contributed by atoms with Gasteiger partial charge >= 0.3 is 0 Å². The first-order chi connectivity index (χ1) is 11.1. The quantitative estimate of drug-likeness (QED) is 0.904. The van der Waals surface area contributed by atoms with Gasteiger partial charge in [0.15, 0.2) is 0 Å². The van der Waals surface area contributed by atoms with Gasteiger partial charge in [0.2, 0.25) is 5.91 Å². The first-order valence-electron chi connectivity index (χ1n) is 8.24. The van der Waals surface area contributed by atoms with Crippen LogP contribution in [0.15, 0.2) is 24.3 Å². The highest BCUT2D eigenvalue weighted by atomic mass is 35.5. The SMILES string of the molecule is C[C@H]1OCCN[C@@H]1C(=O)N1CCN(Cc2ccc(Cl)cc2)CC1. The third-order valence-electron chi connectivity index (χ3n) is 4.59. The number of ether oxygens (including phenoxy) is 1. The standard InChI is InChI=1S/C17H24ClN3O2/c1-13-16(19-6-11-23-13)17(22)21-9-7-20(8-10-21)12-14-2-4-15(18)5-3-14/h2-5,13,16,19H,6-12H2,1H3/t13-,16+/m1/s1. The number of halogens is 1. The van der Waals surface area contributed by atoms with Crippen LogP contribution in [-0.2, 0) is 16.1 Å². The second-order valence-electron chi connectivity index (χ2n) is 6.24. The van der Waals surface area contributed by atoms with Gasteiger partial charge in [-0.1, -0.05) is 23.7 Å². The number of nitrogens with one attached hydrogen (secondary N) is 1. The highest BCUT2D eigenvalue weighted by Crippen LogP contribution is 2.14. The van der Waals surface area contributed by atoms with Crippen molar-refractivity contribution in [2.24, 2.45) is 0 Å². The Morgan fingerprint density at radius 1 is 1.26 bits per heavy atom. The summed E-state index contributed by atoms with van der Waals surface area (Å²) >= 11 is 5.92. The number of amides is 1. The van der Waals surface area contributed by atoms with E-state index < -0.39 is 0 Å². The number of piperazine rings is 1. The van der Waals surface area contributed by atoms with Crippen LogP contribution in [0.2, 0.25) is 5.02 Å². The number of hydrogen-bond acceptors (Lipinski definition) is 4. The number of hydrogen-bond donors (Lipinski definition) is 1. The maximum atomic E-state index is 12.6. The topological polar surface area (TPSA) is 44.8 Å². The Morgan fingerprint density at radius 2 is 1.96 bits per heavy atom. The molecule has 2 fully saturated rings. The molecule has 0 aromatic heterocycles. The maximum Gasteiger partial charge on any atom is 0.242 e. The number of morpholine rings is 1. The zero-order valence-electron chi connectivity index (χ0n) is 13.5. The van der Waals surface area contributed by atoms with Gasteiger partial charge in [-0.15, -0.1) is 0 Å². The van der Waals surface area contributed by atoms with Crippen LogP contribution in [0.5, 0.6) is 0 Å².